The number of carbonyl (C=O) groups is 1. The summed E-state index contributed by atoms with van der Waals surface area (Å²) in [6.45, 7) is 7.26. The van der Waals surface area contributed by atoms with Gasteiger partial charge in [-0.3, -0.25) is 4.79 Å². The highest BCUT2D eigenvalue weighted by Gasteiger charge is 2.06. The minimum atomic E-state index is -0.00782. The zero-order valence-electron chi connectivity index (χ0n) is 15.8. The van der Waals surface area contributed by atoms with Gasteiger partial charge in [-0.05, 0) is 42.2 Å². The van der Waals surface area contributed by atoms with E-state index in [0.717, 1.165) is 23.3 Å². The number of benzene rings is 2. The summed E-state index contributed by atoms with van der Waals surface area (Å²) in [5.41, 5.74) is 8.86. The summed E-state index contributed by atoms with van der Waals surface area (Å²) in [5.74, 6) is 1.22. The number of nitrogens with one attached hydrogen (secondary N) is 1. The lowest BCUT2D eigenvalue weighted by Gasteiger charge is -2.13. The van der Waals surface area contributed by atoms with E-state index in [1.807, 2.05) is 31.2 Å². The maximum atomic E-state index is 11.1. The molecule has 0 aromatic heterocycles. The van der Waals surface area contributed by atoms with Crippen molar-refractivity contribution in [2.24, 2.45) is 5.73 Å². The number of hydrogen-bond acceptors (Lipinski definition) is 4. The zero-order valence-corrected chi connectivity index (χ0v) is 15.8. The second kappa shape index (κ2) is 10.1. The van der Waals surface area contributed by atoms with Crippen LogP contribution in [0.5, 0.6) is 5.75 Å². The second-order valence-corrected chi connectivity index (χ2v) is 6.23. The molecule has 2 aromatic carbocycles. The molecule has 27 heavy (non-hydrogen) atoms. The maximum Gasteiger partial charge on any atom is 0.217 e. The molecule has 0 radical (unpaired) electrons. The van der Waals surface area contributed by atoms with Gasteiger partial charge in [0.2, 0.25) is 5.91 Å². The number of carbonyl (C=O) groups excluding carboxylic acids is 1. The van der Waals surface area contributed by atoms with Gasteiger partial charge in [0.1, 0.15) is 12.4 Å². The Morgan fingerprint density at radius 1 is 1.15 bits per heavy atom. The van der Waals surface area contributed by atoms with E-state index < -0.39 is 0 Å². The molecule has 0 aliphatic heterocycles. The normalized spacial score (nSPS) is 12.1. The van der Waals surface area contributed by atoms with Crippen molar-refractivity contribution in [3.63, 3.8) is 0 Å². The van der Waals surface area contributed by atoms with Gasteiger partial charge in [0.05, 0.1) is 6.26 Å². The van der Waals surface area contributed by atoms with Gasteiger partial charge in [0.15, 0.2) is 5.76 Å². The molecule has 5 nitrogen and oxygen atoms in total. The molecule has 5 heteroatoms. The predicted octanol–water partition coefficient (Wildman–Crippen LogP) is 3.76. The third-order valence-corrected chi connectivity index (χ3v) is 3.93. The number of rotatable bonds is 9. The molecule has 0 saturated heterocycles. The topological polar surface area (TPSA) is 73.6 Å². The largest absolute Gasteiger partial charge is 0.486 e. The summed E-state index contributed by atoms with van der Waals surface area (Å²) in [4.78, 5) is 11.1. The molecule has 1 unspecified atom stereocenters. The molecule has 0 spiro atoms. The lowest BCUT2D eigenvalue weighted by Crippen LogP contribution is -2.31. The Labute approximate surface area is 160 Å². The van der Waals surface area contributed by atoms with Crippen molar-refractivity contribution in [3.05, 3.63) is 78.9 Å². The molecule has 0 fully saturated rings. The number of ether oxygens (including phenoxy) is 2. The molecule has 3 N–H and O–H groups in total. The third-order valence-electron chi connectivity index (χ3n) is 3.93. The molecular formula is C22H26N2O3. The van der Waals surface area contributed by atoms with Gasteiger partial charge in [-0.25, -0.2) is 0 Å². The van der Waals surface area contributed by atoms with Crippen LogP contribution in [-0.4, -0.2) is 18.6 Å². The van der Waals surface area contributed by atoms with Crippen molar-refractivity contribution in [1.82, 2.24) is 5.32 Å². The maximum absolute atomic E-state index is 11.1. The summed E-state index contributed by atoms with van der Waals surface area (Å²) in [6.07, 6.45) is 3.46. The minimum Gasteiger partial charge on any atom is -0.486 e. The van der Waals surface area contributed by atoms with E-state index in [4.69, 9.17) is 15.2 Å². The minimum absolute atomic E-state index is 0.00782. The molecule has 0 aliphatic rings. The Kier molecular flexibility index (Phi) is 7.49. The number of hydrogen-bond donors (Lipinski definition) is 2. The molecule has 1 amide bonds. The quantitative estimate of drug-likeness (QED) is 0.663. The fraction of sp³-hybridized carbons (Fsp3) is 0.227. The van der Waals surface area contributed by atoms with Crippen LogP contribution in [0.3, 0.4) is 0 Å². The van der Waals surface area contributed by atoms with Gasteiger partial charge < -0.3 is 20.5 Å². The van der Waals surface area contributed by atoms with Crippen LogP contribution < -0.4 is 15.8 Å². The molecule has 2 aromatic rings. The van der Waals surface area contributed by atoms with E-state index in [0.29, 0.717) is 5.76 Å². The van der Waals surface area contributed by atoms with Gasteiger partial charge >= 0.3 is 0 Å². The van der Waals surface area contributed by atoms with Gasteiger partial charge in [0, 0.05) is 19.2 Å². The lowest BCUT2D eigenvalue weighted by atomic mass is 10.0. The molecule has 0 bridgehead atoms. The van der Waals surface area contributed by atoms with Crippen LogP contribution in [0.2, 0.25) is 0 Å². The molecular weight excluding hydrogens is 340 g/mol. The highest BCUT2D eigenvalue weighted by Crippen LogP contribution is 2.23. The Bertz CT molecular complexity index is 780. The van der Waals surface area contributed by atoms with Crippen molar-refractivity contribution < 1.29 is 14.3 Å². The molecule has 142 valence electrons. The third kappa shape index (κ3) is 6.55. The lowest BCUT2D eigenvalue weighted by molar-refractivity contribution is -0.119. The average Bonchev–Trinajstić information content (AvgIpc) is 2.65. The summed E-state index contributed by atoms with van der Waals surface area (Å²) in [5, 5.41) is 2.90. The van der Waals surface area contributed by atoms with Crippen molar-refractivity contribution in [2.45, 2.75) is 26.3 Å². The summed E-state index contributed by atoms with van der Waals surface area (Å²) >= 11 is 0. The smallest absolute Gasteiger partial charge is 0.217 e. The van der Waals surface area contributed by atoms with Crippen LogP contribution in [0.1, 0.15) is 19.4 Å². The molecule has 0 aliphatic carbocycles. The number of nitrogens with two attached hydrogens (primary N) is 1. The van der Waals surface area contributed by atoms with E-state index in [1.54, 1.807) is 0 Å². The van der Waals surface area contributed by atoms with Crippen LogP contribution in [0.4, 0.5) is 0 Å². The Morgan fingerprint density at radius 3 is 2.26 bits per heavy atom. The monoisotopic (exact) mass is 366 g/mol. The van der Waals surface area contributed by atoms with Crippen LogP contribution in [0.15, 0.2) is 73.3 Å². The predicted molar refractivity (Wildman–Crippen MR) is 108 cm³/mol. The first-order chi connectivity index (χ1) is 13.0. The first-order valence-corrected chi connectivity index (χ1v) is 8.79. The fourth-order valence-electron chi connectivity index (χ4n) is 2.71. The second-order valence-electron chi connectivity index (χ2n) is 6.23. The Balaban J connectivity index is 1.96. The number of amides is 1. The summed E-state index contributed by atoms with van der Waals surface area (Å²) < 4.78 is 10.8. The molecule has 1 atom stereocenters. The fourth-order valence-corrected chi connectivity index (χ4v) is 2.71. The van der Waals surface area contributed by atoms with E-state index in [2.05, 4.69) is 36.2 Å². The molecule has 0 saturated carbocycles. The van der Waals surface area contributed by atoms with Crippen molar-refractivity contribution >= 4 is 5.91 Å². The van der Waals surface area contributed by atoms with E-state index in [9.17, 15) is 4.79 Å². The van der Waals surface area contributed by atoms with Crippen molar-refractivity contribution in [2.75, 3.05) is 6.61 Å². The van der Waals surface area contributed by atoms with Crippen LogP contribution in [0, 0.1) is 0 Å². The van der Waals surface area contributed by atoms with Crippen LogP contribution in [-0.2, 0) is 16.0 Å². The first-order valence-electron chi connectivity index (χ1n) is 8.79. The highest BCUT2D eigenvalue weighted by molar-refractivity contribution is 5.73. The van der Waals surface area contributed by atoms with Gasteiger partial charge in [-0.1, -0.05) is 43.0 Å². The van der Waals surface area contributed by atoms with Gasteiger partial charge in [-0.15, -0.1) is 0 Å². The Morgan fingerprint density at radius 2 is 1.74 bits per heavy atom. The highest BCUT2D eigenvalue weighted by atomic mass is 16.5. The summed E-state index contributed by atoms with van der Waals surface area (Å²) in [7, 11) is 0. The van der Waals surface area contributed by atoms with Crippen LogP contribution >= 0.6 is 0 Å². The van der Waals surface area contributed by atoms with Crippen LogP contribution in [0.25, 0.3) is 11.1 Å². The zero-order chi connectivity index (χ0) is 19.6. The summed E-state index contributed by atoms with van der Waals surface area (Å²) in [6, 6.07) is 16.3. The molecule has 0 heterocycles. The SMILES string of the molecule is C=CO/C(=C\N)COc1ccc(-c2ccc(CC(C)NC(C)=O)cc2)cc1. The molecule has 2 rings (SSSR count). The van der Waals surface area contributed by atoms with E-state index >= 15 is 0 Å². The van der Waals surface area contributed by atoms with Crippen molar-refractivity contribution in [3.8, 4) is 16.9 Å². The standard InChI is InChI=1S/C22H26N2O3/c1-4-26-22(14-23)15-27-21-11-9-20(10-12-21)19-7-5-18(6-8-19)13-16(2)24-17(3)25/h4-12,14,16H,1,13,15,23H2,2-3H3,(H,24,25)/b22-14-. The Hall–Kier alpha value is -3.21. The average molecular weight is 366 g/mol. The van der Waals surface area contributed by atoms with Gasteiger partial charge in [0.25, 0.3) is 0 Å². The van der Waals surface area contributed by atoms with Crippen molar-refractivity contribution in [1.29, 1.82) is 0 Å². The first kappa shape index (κ1) is 20.1. The van der Waals surface area contributed by atoms with E-state index in [-0.39, 0.29) is 18.6 Å². The van der Waals surface area contributed by atoms with Gasteiger partial charge in [-0.2, -0.15) is 0 Å². The van der Waals surface area contributed by atoms with E-state index in [1.165, 1.54) is 24.9 Å².